The van der Waals surface area contributed by atoms with E-state index in [0.717, 1.165) is 11.8 Å². The van der Waals surface area contributed by atoms with E-state index in [9.17, 15) is 0 Å². The molecule has 2 nitrogen and oxygen atoms in total. The Balaban J connectivity index is 1.80. The first-order valence-corrected chi connectivity index (χ1v) is 5.09. The molecule has 4 aliphatic rings. The highest BCUT2D eigenvalue weighted by molar-refractivity contribution is 7.79. The lowest BCUT2D eigenvalue weighted by molar-refractivity contribution is 0.146. The van der Waals surface area contributed by atoms with Crippen LogP contribution in [0.4, 0.5) is 0 Å². The molecule has 66 valence electrons. The van der Waals surface area contributed by atoms with Crippen molar-refractivity contribution in [3.05, 3.63) is 0 Å². The molecule has 2 atom stereocenters. The average molecular weight is 184 g/mol. The number of ether oxygens (including phenoxy) is 2. The van der Waals surface area contributed by atoms with Gasteiger partial charge < -0.3 is 9.47 Å². The lowest BCUT2D eigenvalue weighted by Crippen LogP contribution is -2.22. The van der Waals surface area contributed by atoms with Gasteiger partial charge in [-0.3, -0.25) is 0 Å². The molecule has 1 heterocycles. The van der Waals surface area contributed by atoms with Crippen molar-refractivity contribution in [2.45, 2.75) is 37.9 Å². The Morgan fingerprint density at radius 1 is 0.917 bits per heavy atom. The minimum atomic E-state index is 0.287. The molecular formula is C9H12O2S. The zero-order valence-electron chi connectivity index (χ0n) is 6.86. The second-order valence-electron chi connectivity index (χ2n) is 4.24. The van der Waals surface area contributed by atoms with Crippen LogP contribution in [0, 0.1) is 11.8 Å². The summed E-state index contributed by atoms with van der Waals surface area (Å²) in [6.07, 6.45) is 5.70. The van der Waals surface area contributed by atoms with E-state index in [2.05, 4.69) is 0 Å². The first-order chi connectivity index (χ1) is 5.81. The molecule has 3 aliphatic carbocycles. The quantitative estimate of drug-likeness (QED) is 0.535. The SMILES string of the molecule is S=C1O[C@@H]2CC3CC(C3)C[C@H]2O1. The van der Waals surface area contributed by atoms with Crippen LogP contribution in [0.25, 0.3) is 0 Å². The van der Waals surface area contributed by atoms with E-state index >= 15 is 0 Å². The Hall–Kier alpha value is -0.310. The van der Waals surface area contributed by atoms with Crippen LogP contribution in [0.1, 0.15) is 25.7 Å². The van der Waals surface area contributed by atoms with E-state index in [4.69, 9.17) is 21.7 Å². The largest absolute Gasteiger partial charge is 0.450 e. The minimum absolute atomic E-state index is 0.287. The summed E-state index contributed by atoms with van der Waals surface area (Å²) in [5, 5.41) is 0.381. The summed E-state index contributed by atoms with van der Waals surface area (Å²) in [5.41, 5.74) is 0. The maximum absolute atomic E-state index is 5.45. The van der Waals surface area contributed by atoms with Crippen molar-refractivity contribution in [3.8, 4) is 0 Å². The highest BCUT2D eigenvalue weighted by Gasteiger charge is 2.45. The van der Waals surface area contributed by atoms with Gasteiger partial charge in [0.25, 0.3) is 0 Å². The van der Waals surface area contributed by atoms with E-state index < -0.39 is 0 Å². The van der Waals surface area contributed by atoms with Crippen molar-refractivity contribution in [1.82, 2.24) is 0 Å². The predicted molar refractivity (Wildman–Crippen MR) is 47.8 cm³/mol. The molecule has 0 unspecified atom stereocenters. The van der Waals surface area contributed by atoms with Gasteiger partial charge in [0.15, 0.2) is 0 Å². The second-order valence-corrected chi connectivity index (χ2v) is 4.57. The van der Waals surface area contributed by atoms with Gasteiger partial charge in [-0.1, -0.05) is 0 Å². The minimum Gasteiger partial charge on any atom is -0.450 e. The molecule has 0 aromatic carbocycles. The van der Waals surface area contributed by atoms with Crippen LogP contribution in [0.2, 0.25) is 0 Å². The molecule has 0 amide bonds. The smallest absolute Gasteiger partial charge is 0.353 e. The Bertz CT molecular complexity index is 203. The van der Waals surface area contributed by atoms with Crippen LogP contribution in [-0.2, 0) is 9.47 Å². The molecule has 2 bridgehead atoms. The molecule has 0 aromatic heterocycles. The lowest BCUT2D eigenvalue weighted by Gasteiger charge is -2.32. The first-order valence-electron chi connectivity index (χ1n) is 4.68. The third kappa shape index (κ3) is 0.954. The molecule has 0 aromatic rings. The van der Waals surface area contributed by atoms with Gasteiger partial charge >= 0.3 is 5.24 Å². The van der Waals surface area contributed by atoms with Gasteiger partial charge in [0, 0.05) is 12.2 Å². The highest BCUT2D eigenvalue weighted by Crippen LogP contribution is 2.46. The molecule has 4 rings (SSSR count). The van der Waals surface area contributed by atoms with Crippen LogP contribution >= 0.6 is 12.2 Å². The van der Waals surface area contributed by atoms with Crippen molar-refractivity contribution in [2.24, 2.45) is 11.8 Å². The zero-order chi connectivity index (χ0) is 8.13. The lowest BCUT2D eigenvalue weighted by atomic mass is 9.74. The normalized spacial score (nSPS) is 49.8. The number of thiocarbonyl (C=S) groups is 1. The van der Waals surface area contributed by atoms with Gasteiger partial charge in [0.1, 0.15) is 12.2 Å². The number of rotatable bonds is 0. The van der Waals surface area contributed by atoms with Crippen molar-refractivity contribution < 1.29 is 9.47 Å². The average Bonchev–Trinajstić information content (AvgIpc) is 2.15. The van der Waals surface area contributed by atoms with E-state index in [1.807, 2.05) is 0 Å². The Morgan fingerprint density at radius 2 is 1.42 bits per heavy atom. The molecular weight excluding hydrogens is 172 g/mol. The number of hydrogen-bond donors (Lipinski definition) is 0. The van der Waals surface area contributed by atoms with Gasteiger partial charge in [-0.2, -0.15) is 0 Å². The third-order valence-electron chi connectivity index (χ3n) is 3.37. The van der Waals surface area contributed by atoms with Gasteiger partial charge in [-0.05, 0) is 37.5 Å². The summed E-state index contributed by atoms with van der Waals surface area (Å²) in [6, 6.07) is 0. The summed E-state index contributed by atoms with van der Waals surface area (Å²) >= 11 is 4.89. The standard InChI is InChI=1S/C9H12O2S/c12-9-10-7-3-5-1-6(2-5)4-8(7)11-9/h5-8H,1-4H2/t5?,6?,7-,8-/m1/s1. The Morgan fingerprint density at radius 3 is 1.92 bits per heavy atom. The molecule has 1 aliphatic heterocycles. The summed E-state index contributed by atoms with van der Waals surface area (Å²) in [6.45, 7) is 0. The molecule has 3 saturated carbocycles. The molecule has 0 radical (unpaired) electrons. The summed E-state index contributed by atoms with van der Waals surface area (Å²) in [5.74, 6) is 1.80. The van der Waals surface area contributed by atoms with E-state index in [1.165, 1.54) is 25.7 Å². The van der Waals surface area contributed by atoms with Crippen molar-refractivity contribution in [1.29, 1.82) is 0 Å². The molecule has 4 fully saturated rings. The maximum atomic E-state index is 5.45. The molecule has 0 spiro atoms. The van der Waals surface area contributed by atoms with Crippen molar-refractivity contribution in [3.63, 3.8) is 0 Å². The summed E-state index contributed by atoms with van der Waals surface area (Å²) < 4.78 is 10.9. The maximum Gasteiger partial charge on any atom is 0.353 e. The predicted octanol–water partition coefficient (Wildman–Crippen LogP) is 1.88. The zero-order valence-corrected chi connectivity index (χ0v) is 7.68. The van der Waals surface area contributed by atoms with E-state index in [0.29, 0.717) is 5.24 Å². The first kappa shape index (κ1) is 7.13. The van der Waals surface area contributed by atoms with Gasteiger partial charge in [0.05, 0.1) is 0 Å². The second kappa shape index (κ2) is 2.34. The van der Waals surface area contributed by atoms with Gasteiger partial charge in [-0.25, -0.2) is 0 Å². The highest BCUT2D eigenvalue weighted by atomic mass is 32.1. The van der Waals surface area contributed by atoms with Gasteiger partial charge in [0.2, 0.25) is 0 Å². The molecule has 3 heteroatoms. The fraction of sp³-hybridized carbons (Fsp3) is 0.889. The summed E-state index contributed by atoms with van der Waals surface area (Å²) in [7, 11) is 0. The van der Waals surface area contributed by atoms with Crippen LogP contribution < -0.4 is 0 Å². The fourth-order valence-corrected chi connectivity index (χ4v) is 2.99. The Kier molecular flexibility index (Phi) is 1.39. The monoisotopic (exact) mass is 184 g/mol. The van der Waals surface area contributed by atoms with Crippen LogP contribution in [0.5, 0.6) is 0 Å². The van der Waals surface area contributed by atoms with Crippen LogP contribution in [0.15, 0.2) is 0 Å². The van der Waals surface area contributed by atoms with Crippen molar-refractivity contribution >= 4 is 17.5 Å². The van der Waals surface area contributed by atoms with E-state index in [1.54, 1.807) is 0 Å². The van der Waals surface area contributed by atoms with Crippen LogP contribution in [-0.4, -0.2) is 17.4 Å². The Labute approximate surface area is 77.2 Å². The number of hydrogen-bond acceptors (Lipinski definition) is 3. The fourth-order valence-electron chi connectivity index (χ4n) is 2.74. The van der Waals surface area contributed by atoms with Gasteiger partial charge in [-0.15, -0.1) is 0 Å². The third-order valence-corrected chi connectivity index (χ3v) is 3.57. The molecule has 12 heavy (non-hydrogen) atoms. The van der Waals surface area contributed by atoms with Crippen molar-refractivity contribution in [2.75, 3.05) is 0 Å². The molecule has 1 saturated heterocycles. The van der Waals surface area contributed by atoms with E-state index in [-0.39, 0.29) is 12.2 Å². The van der Waals surface area contributed by atoms with Crippen LogP contribution in [0.3, 0.4) is 0 Å². The topological polar surface area (TPSA) is 18.5 Å². The molecule has 0 N–H and O–H groups in total. The summed E-state index contributed by atoms with van der Waals surface area (Å²) in [4.78, 5) is 0.